The average Bonchev–Trinajstić information content (AvgIpc) is 2.77. The van der Waals surface area contributed by atoms with E-state index >= 15 is 0 Å². The molecule has 0 saturated carbocycles. The summed E-state index contributed by atoms with van der Waals surface area (Å²) in [6, 6.07) is 6.61. The lowest BCUT2D eigenvalue weighted by Gasteiger charge is -1.96. The number of hydrogen-bond acceptors (Lipinski definition) is 4. The van der Waals surface area contributed by atoms with Crippen molar-refractivity contribution in [1.82, 2.24) is 9.88 Å². The number of benzene rings is 1. The van der Waals surface area contributed by atoms with Gasteiger partial charge < -0.3 is 10.4 Å². The monoisotopic (exact) mass is 318 g/mol. The van der Waals surface area contributed by atoms with E-state index in [4.69, 9.17) is 0 Å². The Bertz CT molecular complexity index is 832. The Balaban J connectivity index is 2.55. The van der Waals surface area contributed by atoms with Crippen molar-refractivity contribution in [1.29, 1.82) is 0 Å². The molecule has 0 unspecified atom stereocenters. The van der Waals surface area contributed by atoms with Crippen molar-refractivity contribution in [3.8, 4) is 5.75 Å². The first kappa shape index (κ1) is 16.0. The van der Waals surface area contributed by atoms with E-state index < -0.39 is 0 Å². The number of carbonyl (C=O) groups is 1. The first-order chi connectivity index (χ1) is 10.5. The number of aromatic nitrogens is 1. The molecule has 2 rings (SSSR count). The number of aromatic hydroxyl groups is 1. The molecule has 22 heavy (non-hydrogen) atoms. The number of phenolic OH excluding ortho intramolecular Hbond substituents is 1. The Morgan fingerprint density at radius 1 is 1.32 bits per heavy atom. The Morgan fingerprint density at radius 3 is 2.59 bits per heavy atom. The SMILES string of the molecule is CCNC(=O)/C=c1\s/c(=C\c2ccc(O)cc2)c(=O)n1CC. The standard InChI is InChI=1S/C16H18N2O3S/c1-3-17-14(20)10-15-18(4-2)16(21)13(22-15)9-11-5-7-12(19)8-6-11/h5-10,19H,3-4H2,1-2H3,(H,17,20)/b13-9-,15-10-. The van der Waals surface area contributed by atoms with Crippen LogP contribution in [0.15, 0.2) is 29.1 Å². The largest absolute Gasteiger partial charge is 0.508 e. The van der Waals surface area contributed by atoms with Crippen molar-refractivity contribution in [3.63, 3.8) is 0 Å². The fourth-order valence-electron chi connectivity index (χ4n) is 2.00. The zero-order chi connectivity index (χ0) is 16.1. The molecule has 0 atom stereocenters. The maximum Gasteiger partial charge on any atom is 0.269 e. The third-order valence-corrected chi connectivity index (χ3v) is 4.11. The molecule has 116 valence electrons. The number of amides is 1. The molecular formula is C16H18N2O3S. The van der Waals surface area contributed by atoms with Gasteiger partial charge in [0.25, 0.3) is 5.56 Å². The zero-order valence-corrected chi connectivity index (χ0v) is 13.3. The van der Waals surface area contributed by atoms with Crippen LogP contribution in [0.1, 0.15) is 19.4 Å². The predicted octanol–water partition coefficient (Wildman–Crippen LogP) is 0.381. The summed E-state index contributed by atoms with van der Waals surface area (Å²) in [5, 5.41) is 12.0. The number of phenols is 1. The van der Waals surface area contributed by atoms with Gasteiger partial charge in [-0.05, 0) is 37.6 Å². The van der Waals surface area contributed by atoms with E-state index in [0.29, 0.717) is 22.3 Å². The number of rotatable bonds is 4. The van der Waals surface area contributed by atoms with Gasteiger partial charge in [0.15, 0.2) is 0 Å². The minimum absolute atomic E-state index is 0.115. The molecule has 2 aromatic rings. The molecule has 0 saturated heterocycles. The van der Waals surface area contributed by atoms with Crippen LogP contribution in [0, 0.1) is 0 Å². The van der Waals surface area contributed by atoms with Crippen LogP contribution < -0.4 is 20.1 Å². The number of nitrogens with zero attached hydrogens (tertiary/aromatic N) is 1. The smallest absolute Gasteiger partial charge is 0.269 e. The van der Waals surface area contributed by atoms with E-state index in [1.165, 1.54) is 17.4 Å². The maximum absolute atomic E-state index is 12.4. The van der Waals surface area contributed by atoms with Gasteiger partial charge in [-0.25, -0.2) is 0 Å². The first-order valence-corrected chi connectivity index (χ1v) is 7.86. The van der Waals surface area contributed by atoms with Gasteiger partial charge >= 0.3 is 0 Å². The molecule has 1 aromatic heterocycles. The fraction of sp³-hybridized carbons (Fsp3) is 0.250. The fourth-order valence-corrected chi connectivity index (χ4v) is 3.11. The molecule has 0 bridgehead atoms. The van der Waals surface area contributed by atoms with E-state index in [0.717, 1.165) is 5.56 Å². The molecule has 0 aliphatic rings. The second-order valence-electron chi connectivity index (χ2n) is 4.63. The highest BCUT2D eigenvalue weighted by molar-refractivity contribution is 7.07. The minimum Gasteiger partial charge on any atom is -0.508 e. The summed E-state index contributed by atoms with van der Waals surface area (Å²) >= 11 is 1.28. The molecule has 0 aliphatic carbocycles. The summed E-state index contributed by atoms with van der Waals surface area (Å²) in [5.41, 5.74) is 0.708. The topological polar surface area (TPSA) is 71.3 Å². The van der Waals surface area contributed by atoms with Gasteiger partial charge in [-0.3, -0.25) is 14.2 Å². The highest BCUT2D eigenvalue weighted by Gasteiger charge is 2.04. The molecule has 0 aliphatic heterocycles. The molecule has 1 aromatic carbocycles. The molecule has 0 radical (unpaired) electrons. The summed E-state index contributed by atoms with van der Waals surface area (Å²) in [5.74, 6) is -0.0262. The van der Waals surface area contributed by atoms with Crippen molar-refractivity contribution in [2.24, 2.45) is 0 Å². The number of nitrogens with one attached hydrogen (secondary N) is 1. The van der Waals surface area contributed by atoms with Gasteiger partial charge in [-0.2, -0.15) is 0 Å². The summed E-state index contributed by atoms with van der Waals surface area (Å²) in [6.07, 6.45) is 3.21. The highest BCUT2D eigenvalue weighted by Crippen LogP contribution is 2.09. The molecule has 2 N–H and O–H groups in total. The molecule has 5 nitrogen and oxygen atoms in total. The summed E-state index contributed by atoms with van der Waals surface area (Å²) in [7, 11) is 0. The van der Waals surface area contributed by atoms with Crippen LogP contribution in [0.5, 0.6) is 5.75 Å². The van der Waals surface area contributed by atoms with Crippen LogP contribution >= 0.6 is 11.3 Å². The van der Waals surface area contributed by atoms with Gasteiger partial charge in [0.2, 0.25) is 5.91 Å². The molecular weight excluding hydrogens is 300 g/mol. The van der Waals surface area contributed by atoms with E-state index in [9.17, 15) is 14.7 Å². The third kappa shape index (κ3) is 3.65. The summed E-state index contributed by atoms with van der Waals surface area (Å²) in [4.78, 5) is 24.1. The normalized spacial score (nSPS) is 12.6. The molecule has 1 amide bonds. The van der Waals surface area contributed by atoms with Crippen molar-refractivity contribution >= 4 is 29.4 Å². The molecule has 6 heteroatoms. The van der Waals surface area contributed by atoms with Crippen LogP contribution in [0.4, 0.5) is 0 Å². The first-order valence-electron chi connectivity index (χ1n) is 7.05. The van der Waals surface area contributed by atoms with E-state index in [1.807, 2.05) is 13.8 Å². The molecule has 0 spiro atoms. The second kappa shape index (κ2) is 7.09. The average molecular weight is 318 g/mol. The Kier molecular flexibility index (Phi) is 5.16. The van der Waals surface area contributed by atoms with E-state index in [1.54, 1.807) is 34.9 Å². The lowest BCUT2D eigenvalue weighted by molar-refractivity contribution is -0.115. The van der Waals surface area contributed by atoms with Crippen LogP contribution in [0.25, 0.3) is 12.2 Å². The summed E-state index contributed by atoms with van der Waals surface area (Å²) < 4.78 is 2.76. The third-order valence-electron chi connectivity index (χ3n) is 3.05. The van der Waals surface area contributed by atoms with Crippen molar-refractivity contribution in [2.45, 2.75) is 20.4 Å². The predicted molar refractivity (Wildman–Crippen MR) is 88.3 cm³/mol. The lowest BCUT2D eigenvalue weighted by Crippen LogP contribution is -2.32. The lowest BCUT2D eigenvalue weighted by atomic mass is 10.2. The summed E-state index contributed by atoms with van der Waals surface area (Å²) in [6.45, 7) is 4.76. The molecule has 1 heterocycles. The van der Waals surface area contributed by atoms with Crippen LogP contribution in [-0.4, -0.2) is 22.1 Å². The Hall–Kier alpha value is -2.34. The minimum atomic E-state index is -0.206. The highest BCUT2D eigenvalue weighted by atomic mass is 32.1. The van der Waals surface area contributed by atoms with Gasteiger partial charge in [-0.1, -0.05) is 12.1 Å². The second-order valence-corrected chi connectivity index (χ2v) is 5.69. The maximum atomic E-state index is 12.4. The quantitative estimate of drug-likeness (QED) is 0.856. The van der Waals surface area contributed by atoms with Crippen molar-refractivity contribution in [3.05, 3.63) is 49.4 Å². The van der Waals surface area contributed by atoms with E-state index in [-0.39, 0.29) is 17.2 Å². The Labute approximate surface area is 131 Å². The van der Waals surface area contributed by atoms with Crippen molar-refractivity contribution < 1.29 is 9.90 Å². The number of thiazole rings is 1. The zero-order valence-electron chi connectivity index (χ0n) is 12.5. The van der Waals surface area contributed by atoms with Gasteiger partial charge in [0.05, 0.1) is 4.53 Å². The number of hydrogen-bond donors (Lipinski definition) is 2. The van der Waals surface area contributed by atoms with Crippen LogP contribution in [-0.2, 0) is 11.3 Å². The van der Waals surface area contributed by atoms with Gasteiger partial charge in [-0.15, -0.1) is 11.3 Å². The Morgan fingerprint density at radius 2 is 2.00 bits per heavy atom. The van der Waals surface area contributed by atoms with Crippen molar-refractivity contribution in [2.75, 3.05) is 6.54 Å². The van der Waals surface area contributed by atoms with Gasteiger partial charge in [0, 0.05) is 19.2 Å². The van der Waals surface area contributed by atoms with Gasteiger partial charge in [0.1, 0.15) is 10.4 Å². The van der Waals surface area contributed by atoms with E-state index in [2.05, 4.69) is 5.32 Å². The van der Waals surface area contributed by atoms with Crippen LogP contribution in [0.2, 0.25) is 0 Å². The number of carbonyl (C=O) groups excluding carboxylic acids is 1. The van der Waals surface area contributed by atoms with Crippen LogP contribution in [0.3, 0.4) is 0 Å². The molecule has 0 fully saturated rings.